The van der Waals surface area contributed by atoms with Crippen LogP contribution < -0.4 is 10.6 Å². The van der Waals surface area contributed by atoms with Crippen LogP contribution in [0.1, 0.15) is 30.9 Å². The lowest BCUT2D eigenvalue weighted by molar-refractivity contribution is -0.170. The van der Waals surface area contributed by atoms with Crippen molar-refractivity contribution in [2.45, 2.75) is 31.4 Å². The maximum Gasteiger partial charge on any atom is 0.348 e. The fourth-order valence-corrected chi connectivity index (χ4v) is 3.03. The van der Waals surface area contributed by atoms with E-state index < -0.39 is 30.1 Å². The molecule has 7 nitrogen and oxygen atoms in total. The SMILES string of the molecule is CCOC(C(=O)OCC(=O)NC(=O)NC1CC1)(c1ccccc1)c1ccccc1. The summed E-state index contributed by atoms with van der Waals surface area (Å²) in [4.78, 5) is 36.9. The van der Waals surface area contributed by atoms with Gasteiger partial charge in [0.1, 0.15) is 0 Å². The predicted molar refractivity (Wildman–Crippen MR) is 106 cm³/mol. The summed E-state index contributed by atoms with van der Waals surface area (Å²) in [7, 11) is 0. The van der Waals surface area contributed by atoms with Crippen molar-refractivity contribution in [1.82, 2.24) is 10.6 Å². The Balaban J connectivity index is 1.79. The van der Waals surface area contributed by atoms with E-state index in [9.17, 15) is 14.4 Å². The third-order valence-corrected chi connectivity index (χ3v) is 4.51. The van der Waals surface area contributed by atoms with Gasteiger partial charge >= 0.3 is 12.0 Å². The number of hydrogen-bond acceptors (Lipinski definition) is 5. The first kappa shape index (κ1) is 20.5. The molecular weight excluding hydrogens is 372 g/mol. The van der Waals surface area contributed by atoms with Gasteiger partial charge in [-0.2, -0.15) is 0 Å². The molecule has 7 heteroatoms. The minimum atomic E-state index is -1.52. The molecule has 1 aliphatic rings. The Morgan fingerprint density at radius 1 is 0.966 bits per heavy atom. The van der Waals surface area contributed by atoms with Gasteiger partial charge in [-0.1, -0.05) is 60.7 Å². The summed E-state index contributed by atoms with van der Waals surface area (Å²) in [5, 5.41) is 4.80. The maximum absolute atomic E-state index is 13.2. The Morgan fingerprint density at radius 2 is 1.52 bits per heavy atom. The summed E-state index contributed by atoms with van der Waals surface area (Å²) in [6, 6.07) is 17.5. The van der Waals surface area contributed by atoms with E-state index in [1.807, 2.05) is 12.1 Å². The van der Waals surface area contributed by atoms with Gasteiger partial charge in [-0.15, -0.1) is 0 Å². The Morgan fingerprint density at radius 3 is 2.00 bits per heavy atom. The summed E-state index contributed by atoms with van der Waals surface area (Å²) in [5.74, 6) is -1.43. The van der Waals surface area contributed by atoms with Gasteiger partial charge in [0.15, 0.2) is 6.61 Å². The highest BCUT2D eigenvalue weighted by Crippen LogP contribution is 2.35. The molecule has 2 N–H and O–H groups in total. The van der Waals surface area contributed by atoms with Gasteiger partial charge < -0.3 is 14.8 Å². The van der Waals surface area contributed by atoms with Crippen LogP contribution in [0, 0.1) is 0 Å². The molecule has 0 radical (unpaired) electrons. The Labute approximate surface area is 169 Å². The number of carbonyl (C=O) groups excluding carboxylic acids is 3. The zero-order chi connectivity index (χ0) is 20.7. The normalized spacial score (nSPS) is 13.4. The van der Waals surface area contributed by atoms with Gasteiger partial charge in [-0.3, -0.25) is 10.1 Å². The Bertz CT molecular complexity index is 811. The van der Waals surface area contributed by atoms with Crippen LogP contribution in [-0.2, 0) is 24.7 Å². The smallest absolute Gasteiger partial charge is 0.348 e. The van der Waals surface area contributed by atoms with Crippen LogP contribution in [0.25, 0.3) is 0 Å². The van der Waals surface area contributed by atoms with Crippen LogP contribution >= 0.6 is 0 Å². The highest BCUT2D eigenvalue weighted by molar-refractivity contribution is 5.96. The predicted octanol–water partition coefficient (Wildman–Crippen LogP) is 2.50. The van der Waals surface area contributed by atoms with Crippen LogP contribution in [0.4, 0.5) is 4.79 Å². The van der Waals surface area contributed by atoms with Gasteiger partial charge in [0, 0.05) is 12.6 Å². The van der Waals surface area contributed by atoms with Crippen molar-refractivity contribution in [2.75, 3.05) is 13.2 Å². The Kier molecular flexibility index (Phi) is 6.61. The maximum atomic E-state index is 13.2. The largest absolute Gasteiger partial charge is 0.453 e. The van der Waals surface area contributed by atoms with E-state index in [1.165, 1.54) is 0 Å². The average Bonchev–Trinajstić information content (AvgIpc) is 3.55. The molecule has 152 valence electrons. The lowest BCUT2D eigenvalue weighted by Crippen LogP contribution is -2.45. The molecule has 1 saturated carbocycles. The highest BCUT2D eigenvalue weighted by Gasteiger charge is 2.45. The van der Waals surface area contributed by atoms with Gasteiger partial charge in [-0.25, -0.2) is 9.59 Å². The number of urea groups is 1. The van der Waals surface area contributed by atoms with Crippen molar-refractivity contribution in [2.24, 2.45) is 0 Å². The summed E-state index contributed by atoms with van der Waals surface area (Å²) in [5.41, 5.74) is -0.344. The van der Waals surface area contributed by atoms with Crippen LogP contribution in [0.15, 0.2) is 60.7 Å². The number of hydrogen-bond donors (Lipinski definition) is 2. The van der Waals surface area contributed by atoms with Gasteiger partial charge in [0.2, 0.25) is 5.60 Å². The topological polar surface area (TPSA) is 93.7 Å². The number of carbonyl (C=O) groups is 3. The zero-order valence-electron chi connectivity index (χ0n) is 16.2. The molecule has 29 heavy (non-hydrogen) atoms. The average molecular weight is 396 g/mol. The zero-order valence-corrected chi connectivity index (χ0v) is 16.2. The van der Waals surface area contributed by atoms with Crippen molar-refractivity contribution in [3.8, 4) is 0 Å². The molecule has 3 amide bonds. The standard InChI is InChI=1S/C22H24N2O5/c1-2-29-22(16-9-5-3-6-10-16,17-11-7-4-8-12-17)20(26)28-15-19(25)24-21(27)23-18-13-14-18/h3-12,18H,2,13-15H2,1H3,(H2,23,24,25,27). The second kappa shape index (κ2) is 9.34. The molecule has 0 saturated heterocycles. The molecule has 0 aliphatic heterocycles. The fraction of sp³-hybridized carbons (Fsp3) is 0.318. The molecule has 1 fully saturated rings. The van der Waals surface area contributed by atoms with Crippen LogP contribution in [-0.4, -0.2) is 37.2 Å². The van der Waals surface area contributed by atoms with Crippen LogP contribution in [0.3, 0.4) is 0 Å². The van der Waals surface area contributed by atoms with Crippen molar-refractivity contribution in [3.05, 3.63) is 71.8 Å². The van der Waals surface area contributed by atoms with Gasteiger partial charge in [0.25, 0.3) is 5.91 Å². The van der Waals surface area contributed by atoms with E-state index in [2.05, 4.69) is 10.6 Å². The summed E-state index contributed by atoms with van der Waals surface area (Å²) in [6.07, 6.45) is 1.81. The van der Waals surface area contributed by atoms with Gasteiger partial charge in [-0.05, 0) is 30.9 Å². The fourth-order valence-electron chi connectivity index (χ4n) is 3.03. The number of nitrogens with one attached hydrogen (secondary N) is 2. The first-order valence-electron chi connectivity index (χ1n) is 9.59. The molecule has 2 aromatic rings. The van der Waals surface area contributed by atoms with E-state index in [0.717, 1.165) is 12.8 Å². The van der Waals surface area contributed by atoms with Crippen molar-refractivity contribution < 1.29 is 23.9 Å². The minimum absolute atomic E-state index is 0.118. The molecule has 3 rings (SSSR count). The number of ether oxygens (including phenoxy) is 2. The van der Waals surface area contributed by atoms with E-state index in [0.29, 0.717) is 11.1 Å². The van der Waals surface area contributed by atoms with E-state index >= 15 is 0 Å². The lowest BCUT2D eigenvalue weighted by atomic mass is 9.86. The Hall–Kier alpha value is -3.19. The quantitative estimate of drug-likeness (QED) is 0.669. The molecule has 0 atom stereocenters. The van der Waals surface area contributed by atoms with Crippen molar-refractivity contribution in [1.29, 1.82) is 0 Å². The van der Waals surface area contributed by atoms with E-state index in [-0.39, 0.29) is 12.6 Å². The second-order valence-corrected chi connectivity index (χ2v) is 6.72. The first-order valence-corrected chi connectivity index (χ1v) is 9.59. The number of benzene rings is 2. The van der Waals surface area contributed by atoms with E-state index in [4.69, 9.17) is 9.47 Å². The van der Waals surface area contributed by atoms with Gasteiger partial charge in [0.05, 0.1) is 0 Å². The third-order valence-electron chi connectivity index (χ3n) is 4.51. The number of esters is 1. The molecule has 0 unspecified atom stereocenters. The lowest BCUT2D eigenvalue weighted by Gasteiger charge is -2.32. The second-order valence-electron chi connectivity index (χ2n) is 6.72. The molecule has 0 aromatic heterocycles. The summed E-state index contributed by atoms with van der Waals surface area (Å²) in [6.45, 7) is 1.43. The summed E-state index contributed by atoms with van der Waals surface area (Å²) < 4.78 is 11.2. The van der Waals surface area contributed by atoms with Crippen molar-refractivity contribution in [3.63, 3.8) is 0 Å². The first-order chi connectivity index (χ1) is 14.1. The van der Waals surface area contributed by atoms with Crippen LogP contribution in [0.2, 0.25) is 0 Å². The molecule has 0 spiro atoms. The molecule has 0 heterocycles. The molecule has 1 aliphatic carbocycles. The molecular formula is C22H24N2O5. The highest BCUT2D eigenvalue weighted by atomic mass is 16.6. The third kappa shape index (κ3) is 5.00. The summed E-state index contributed by atoms with van der Waals surface area (Å²) >= 11 is 0. The number of amides is 3. The molecule has 0 bridgehead atoms. The van der Waals surface area contributed by atoms with Crippen molar-refractivity contribution >= 4 is 17.9 Å². The van der Waals surface area contributed by atoms with E-state index in [1.54, 1.807) is 55.5 Å². The monoisotopic (exact) mass is 396 g/mol. The molecule has 2 aromatic carbocycles. The van der Waals surface area contributed by atoms with Crippen LogP contribution in [0.5, 0.6) is 0 Å². The number of imide groups is 1. The minimum Gasteiger partial charge on any atom is -0.453 e. The number of rotatable bonds is 8.